The van der Waals surface area contributed by atoms with Crippen molar-refractivity contribution < 1.29 is 13.9 Å². The molecular formula is C21H30N2O3. The Bertz CT molecular complexity index is 607. The fraction of sp³-hybridized carbons (Fsp3) is 0.524. The number of nitrogens with zero attached hydrogens (tertiary/aromatic N) is 1. The number of likely N-dealkylation sites (tertiary alicyclic amines) is 1. The molecule has 2 aromatic rings. The summed E-state index contributed by atoms with van der Waals surface area (Å²) in [4.78, 5) is 2.54. The molecule has 1 N–H and O–H groups in total. The summed E-state index contributed by atoms with van der Waals surface area (Å²) in [5.74, 6) is 1.94. The van der Waals surface area contributed by atoms with Gasteiger partial charge in [-0.15, -0.1) is 0 Å². The molecule has 1 fully saturated rings. The first kappa shape index (κ1) is 19.0. The Morgan fingerprint density at radius 1 is 1.08 bits per heavy atom. The van der Waals surface area contributed by atoms with Crippen LogP contribution < -0.4 is 10.1 Å². The van der Waals surface area contributed by atoms with Crippen LogP contribution in [0, 0.1) is 0 Å². The summed E-state index contributed by atoms with van der Waals surface area (Å²) in [6, 6.07) is 12.6. The quantitative estimate of drug-likeness (QED) is 0.657. The molecule has 0 saturated carbocycles. The highest BCUT2D eigenvalue weighted by Crippen LogP contribution is 2.24. The minimum Gasteiger partial charge on any atom is -0.491 e. The maximum absolute atomic E-state index is 5.71. The predicted octanol–water partition coefficient (Wildman–Crippen LogP) is 3.62. The van der Waals surface area contributed by atoms with Gasteiger partial charge < -0.3 is 19.2 Å². The highest BCUT2D eigenvalue weighted by Gasteiger charge is 2.23. The van der Waals surface area contributed by atoms with E-state index in [9.17, 15) is 0 Å². The fourth-order valence-corrected chi connectivity index (χ4v) is 3.42. The predicted molar refractivity (Wildman–Crippen MR) is 102 cm³/mol. The van der Waals surface area contributed by atoms with Crippen LogP contribution in [0.5, 0.6) is 5.75 Å². The maximum atomic E-state index is 5.71. The van der Waals surface area contributed by atoms with Gasteiger partial charge in [0, 0.05) is 20.2 Å². The third-order valence-corrected chi connectivity index (χ3v) is 4.85. The van der Waals surface area contributed by atoms with Gasteiger partial charge in [-0.25, -0.2) is 0 Å². The van der Waals surface area contributed by atoms with E-state index in [2.05, 4.69) is 28.4 Å². The van der Waals surface area contributed by atoms with Crippen molar-refractivity contribution in [2.24, 2.45) is 0 Å². The van der Waals surface area contributed by atoms with Crippen LogP contribution in [0.25, 0.3) is 0 Å². The van der Waals surface area contributed by atoms with E-state index in [1.165, 1.54) is 24.8 Å². The molecule has 0 aliphatic carbocycles. The highest BCUT2D eigenvalue weighted by molar-refractivity contribution is 5.27. The molecule has 1 aromatic carbocycles. The van der Waals surface area contributed by atoms with Gasteiger partial charge in [0.15, 0.2) is 0 Å². The van der Waals surface area contributed by atoms with Crippen LogP contribution in [-0.4, -0.2) is 44.9 Å². The molecule has 3 rings (SSSR count). The number of ether oxygens (including phenoxy) is 2. The molecule has 2 heterocycles. The lowest BCUT2D eigenvalue weighted by Gasteiger charge is -2.33. The summed E-state index contributed by atoms with van der Waals surface area (Å²) in [6.07, 6.45) is 5.67. The zero-order chi connectivity index (χ0) is 18.0. The van der Waals surface area contributed by atoms with E-state index in [0.717, 1.165) is 37.7 Å². The van der Waals surface area contributed by atoms with Crippen LogP contribution in [0.15, 0.2) is 47.1 Å². The Labute approximate surface area is 156 Å². The zero-order valence-corrected chi connectivity index (χ0v) is 15.7. The monoisotopic (exact) mass is 358 g/mol. The summed E-state index contributed by atoms with van der Waals surface area (Å²) in [6.45, 7) is 5.22. The molecule has 0 amide bonds. The van der Waals surface area contributed by atoms with Gasteiger partial charge in [-0.3, -0.25) is 4.90 Å². The van der Waals surface area contributed by atoms with Crippen molar-refractivity contribution in [1.29, 1.82) is 0 Å². The molecule has 1 saturated heterocycles. The molecule has 1 aliphatic heterocycles. The summed E-state index contributed by atoms with van der Waals surface area (Å²) in [7, 11) is 1.68. The minimum absolute atomic E-state index is 0.307. The Kier molecular flexibility index (Phi) is 7.55. The van der Waals surface area contributed by atoms with E-state index in [1.54, 1.807) is 13.4 Å². The molecule has 1 aliphatic rings. The number of hydrogen-bond donors (Lipinski definition) is 1. The van der Waals surface area contributed by atoms with Crippen LogP contribution in [0.1, 0.15) is 36.6 Å². The summed E-state index contributed by atoms with van der Waals surface area (Å²) in [5, 5.41) is 3.60. The molecule has 26 heavy (non-hydrogen) atoms. The van der Waals surface area contributed by atoms with E-state index in [-0.39, 0.29) is 0 Å². The summed E-state index contributed by atoms with van der Waals surface area (Å²) in [5.41, 5.74) is 1.25. The second kappa shape index (κ2) is 10.4. The Morgan fingerprint density at radius 2 is 1.88 bits per heavy atom. The van der Waals surface area contributed by atoms with Crippen LogP contribution in [0.3, 0.4) is 0 Å². The number of rotatable bonds is 10. The SMILES string of the molecule is COCCOc1ccc(CNCC(c2ccco2)N2CCCCC2)cc1. The van der Waals surface area contributed by atoms with Gasteiger partial charge in [-0.2, -0.15) is 0 Å². The normalized spacial score (nSPS) is 16.5. The molecule has 1 atom stereocenters. The molecule has 142 valence electrons. The molecular weight excluding hydrogens is 328 g/mol. The third-order valence-electron chi connectivity index (χ3n) is 4.85. The summed E-state index contributed by atoms with van der Waals surface area (Å²) < 4.78 is 16.3. The lowest BCUT2D eigenvalue weighted by molar-refractivity contribution is 0.142. The van der Waals surface area contributed by atoms with Crippen molar-refractivity contribution in [2.75, 3.05) is 40.0 Å². The molecule has 5 heteroatoms. The highest BCUT2D eigenvalue weighted by atomic mass is 16.5. The number of methoxy groups -OCH3 is 1. The second-order valence-electron chi connectivity index (χ2n) is 6.74. The smallest absolute Gasteiger partial charge is 0.122 e. The van der Waals surface area contributed by atoms with Gasteiger partial charge in [-0.1, -0.05) is 18.6 Å². The molecule has 1 unspecified atom stereocenters. The van der Waals surface area contributed by atoms with Crippen molar-refractivity contribution in [3.05, 3.63) is 54.0 Å². The van der Waals surface area contributed by atoms with Gasteiger partial charge in [0.25, 0.3) is 0 Å². The largest absolute Gasteiger partial charge is 0.491 e. The Balaban J connectivity index is 1.49. The van der Waals surface area contributed by atoms with Crippen LogP contribution >= 0.6 is 0 Å². The van der Waals surface area contributed by atoms with Gasteiger partial charge in [0.2, 0.25) is 0 Å². The third kappa shape index (κ3) is 5.59. The standard InChI is InChI=1S/C21H30N2O3/c1-24-14-15-25-19-9-7-18(8-10-19)16-22-17-20(21-6-5-13-26-21)23-11-3-2-4-12-23/h5-10,13,20,22H,2-4,11-12,14-17H2,1H3. The number of nitrogens with one attached hydrogen (secondary N) is 1. The van der Waals surface area contributed by atoms with E-state index >= 15 is 0 Å². The van der Waals surface area contributed by atoms with Gasteiger partial charge >= 0.3 is 0 Å². The maximum Gasteiger partial charge on any atom is 0.122 e. The second-order valence-corrected chi connectivity index (χ2v) is 6.74. The zero-order valence-electron chi connectivity index (χ0n) is 15.7. The fourth-order valence-electron chi connectivity index (χ4n) is 3.42. The first-order valence-corrected chi connectivity index (χ1v) is 9.55. The first-order valence-electron chi connectivity index (χ1n) is 9.55. The van der Waals surface area contributed by atoms with Crippen molar-refractivity contribution in [3.63, 3.8) is 0 Å². The molecule has 0 spiro atoms. The van der Waals surface area contributed by atoms with Gasteiger partial charge in [0.1, 0.15) is 18.1 Å². The number of furan rings is 1. The average molecular weight is 358 g/mol. The lowest BCUT2D eigenvalue weighted by atomic mass is 10.1. The molecule has 1 aromatic heterocycles. The van der Waals surface area contributed by atoms with Crippen molar-refractivity contribution >= 4 is 0 Å². The average Bonchev–Trinajstić information content (AvgIpc) is 3.22. The molecule has 0 bridgehead atoms. The van der Waals surface area contributed by atoms with Gasteiger partial charge in [-0.05, 0) is 55.8 Å². The molecule has 0 radical (unpaired) electrons. The Morgan fingerprint density at radius 3 is 2.58 bits per heavy atom. The number of hydrogen-bond acceptors (Lipinski definition) is 5. The first-order chi connectivity index (χ1) is 12.9. The minimum atomic E-state index is 0.307. The molecule has 5 nitrogen and oxygen atoms in total. The van der Waals surface area contributed by atoms with E-state index < -0.39 is 0 Å². The number of piperidine rings is 1. The van der Waals surface area contributed by atoms with Crippen molar-refractivity contribution in [1.82, 2.24) is 10.2 Å². The van der Waals surface area contributed by atoms with Crippen molar-refractivity contribution in [3.8, 4) is 5.75 Å². The summed E-state index contributed by atoms with van der Waals surface area (Å²) >= 11 is 0. The topological polar surface area (TPSA) is 46.9 Å². The van der Waals surface area contributed by atoms with E-state index in [0.29, 0.717) is 19.3 Å². The lowest BCUT2D eigenvalue weighted by Crippen LogP contribution is -2.38. The van der Waals surface area contributed by atoms with E-state index in [1.807, 2.05) is 18.2 Å². The van der Waals surface area contributed by atoms with Crippen molar-refractivity contribution in [2.45, 2.75) is 31.8 Å². The Hall–Kier alpha value is -1.82. The van der Waals surface area contributed by atoms with E-state index in [4.69, 9.17) is 13.9 Å². The van der Waals surface area contributed by atoms with Crippen LogP contribution in [-0.2, 0) is 11.3 Å². The van der Waals surface area contributed by atoms with Crippen LogP contribution in [0.2, 0.25) is 0 Å². The van der Waals surface area contributed by atoms with Gasteiger partial charge in [0.05, 0.1) is 18.9 Å². The number of benzene rings is 1. The van der Waals surface area contributed by atoms with Crippen LogP contribution in [0.4, 0.5) is 0 Å².